The van der Waals surface area contributed by atoms with Gasteiger partial charge in [-0.25, -0.2) is 0 Å². The number of ether oxygens (including phenoxy) is 2. The van der Waals surface area contributed by atoms with Crippen LogP contribution < -0.4 is 20.1 Å². The molecule has 0 saturated carbocycles. The highest BCUT2D eigenvalue weighted by atomic mass is 35.5. The van der Waals surface area contributed by atoms with Crippen LogP contribution in [0.2, 0.25) is 5.02 Å². The van der Waals surface area contributed by atoms with E-state index >= 15 is 0 Å². The highest BCUT2D eigenvalue weighted by molar-refractivity contribution is 6.44. The van der Waals surface area contributed by atoms with Crippen molar-refractivity contribution in [2.45, 2.75) is 13.8 Å². The Morgan fingerprint density at radius 1 is 0.840 bits per heavy atom. The molecule has 6 nitrogen and oxygen atoms in total. The second kappa shape index (κ2) is 7.90. The SMILES string of the molecule is COc1cc(NC(=O)C(=O)Nc2cc(C)cc(C)c2)c(OC)cc1Cl. The number of rotatable bonds is 4. The molecule has 0 aliphatic heterocycles. The molecule has 2 amide bonds. The van der Waals surface area contributed by atoms with Crippen LogP contribution in [0.5, 0.6) is 11.5 Å². The van der Waals surface area contributed by atoms with Gasteiger partial charge in [-0.05, 0) is 37.1 Å². The lowest BCUT2D eigenvalue weighted by atomic mass is 10.1. The smallest absolute Gasteiger partial charge is 0.314 e. The first-order chi connectivity index (χ1) is 11.8. The lowest BCUT2D eigenvalue weighted by Gasteiger charge is -2.13. The molecule has 132 valence electrons. The van der Waals surface area contributed by atoms with Gasteiger partial charge in [-0.1, -0.05) is 17.7 Å². The molecular weight excluding hydrogens is 344 g/mol. The molecule has 0 fully saturated rings. The van der Waals surface area contributed by atoms with Crippen LogP contribution in [0.15, 0.2) is 30.3 Å². The zero-order chi connectivity index (χ0) is 18.6. The third-order valence-corrected chi connectivity index (χ3v) is 3.70. The first kappa shape index (κ1) is 18.6. The van der Waals surface area contributed by atoms with Gasteiger partial charge in [-0.3, -0.25) is 9.59 Å². The Hall–Kier alpha value is -2.73. The van der Waals surface area contributed by atoms with Crippen LogP contribution in [0.25, 0.3) is 0 Å². The molecule has 2 aromatic rings. The van der Waals surface area contributed by atoms with E-state index in [0.29, 0.717) is 22.2 Å². The van der Waals surface area contributed by atoms with Crippen molar-refractivity contribution >= 4 is 34.8 Å². The van der Waals surface area contributed by atoms with E-state index in [9.17, 15) is 9.59 Å². The summed E-state index contributed by atoms with van der Waals surface area (Å²) < 4.78 is 10.3. The summed E-state index contributed by atoms with van der Waals surface area (Å²) >= 11 is 6.02. The zero-order valence-electron chi connectivity index (χ0n) is 14.4. The van der Waals surface area contributed by atoms with Gasteiger partial charge in [0.2, 0.25) is 0 Å². The lowest BCUT2D eigenvalue weighted by Crippen LogP contribution is -2.29. The van der Waals surface area contributed by atoms with Gasteiger partial charge in [0, 0.05) is 17.8 Å². The summed E-state index contributed by atoms with van der Waals surface area (Å²) in [5, 5.41) is 5.40. The molecule has 2 aromatic carbocycles. The molecular formula is C18H19ClN2O4. The summed E-state index contributed by atoms with van der Waals surface area (Å²) in [5.41, 5.74) is 2.81. The number of halogens is 1. The van der Waals surface area contributed by atoms with Crippen LogP contribution in [0, 0.1) is 13.8 Å². The van der Waals surface area contributed by atoms with E-state index in [1.165, 1.54) is 26.4 Å². The number of nitrogens with one attached hydrogen (secondary N) is 2. The summed E-state index contributed by atoms with van der Waals surface area (Å²) in [6.07, 6.45) is 0. The molecule has 2 N–H and O–H groups in total. The van der Waals surface area contributed by atoms with Gasteiger partial charge in [0.1, 0.15) is 11.5 Å². The fourth-order valence-electron chi connectivity index (χ4n) is 2.37. The summed E-state index contributed by atoms with van der Waals surface area (Å²) in [4.78, 5) is 24.3. The van der Waals surface area contributed by atoms with Crippen molar-refractivity contribution in [2.75, 3.05) is 24.9 Å². The second-order valence-electron chi connectivity index (χ2n) is 5.47. The van der Waals surface area contributed by atoms with E-state index in [-0.39, 0.29) is 5.69 Å². The molecule has 0 aromatic heterocycles. The highest BCUT2D eigenvalue weighted by Gasteiger charge is 2.18. The standard InChI is InChI=1S/C18H19ClN2O4/c1-10-5-11(2)7-12(6-10)20-17(22)18(23)21-14-9-15(24-3)13(19)8-16(14)25-4/h5-9H,1-4H3,(H,20,22)(H,21,23). The Morgan fingerprint density at radius 3 is 1.96 bits per heavy atom. The maximum Gasteiger partial charge on any atom is 0.314 e. The van der Waals surface area contributed by atoms with E-state index < -0.39 is 11.8 Å². The third-order valence-electron chi connectivity index (χ3n) is 3.41. The van der Waals surface area contributed by atoms with E-state index in [0.717, 1.165) is 11.1 Å². The number of carbonyl (C=O) groups excluding carboxylic acids is 2. The average Bonchev–Trinajstić information content (AvgIpc) is 2.54. The van der Waals surface area contributed by atoms with Crippen molar-refractivity contribution in [2.24, 2.45) is 0 Å². The summed E-state index contributed by atoms with van der Waals surface area (Å²) in [6, 6.07) is 8.52. The number of carbonyl (C=O) groups is 2. The molecule has 0 atom stereocenters. The number of amides is 2. The molecule has 0 aliphatic rings. The van der Waals surface area contributed by atoms with Crippen LogP contribution in [0.1, 0.15) is 11.1 Å². The Kier molecular flexibility index (Phi) is 5.88. The molecule has 0 saturated heterocycles. The minimum atomic E-state index is -0.832. The fourth-order valence-corrected chi connectivity index (χ4v) is 2.60. The van der Waals surface area contributed by atoms with Crippen LogP contribution in [0.3, 0.4) is 0 Å². The predicted molar refractivity (Wildman–Crippen MR) is 97.7 cm³/mol. The Balaban J connectivity index is 2.17. The maximum atomic E-state index is 12.2. The first-order valence-corrected chi connectivity index (χ1v) is 7.84. The van der Waals surface area contributed by atoms with Crippen LogP contribution in [-0.4, -0.2) is 26.0 Å². The summed E-state index contributed by atoms with van der Waals surface area (Å²) in [7, 11) is 2.88. The van der Waals surface area contributed by atoms with Crippen molar-refractivity contribution in [3.8, 4) is 11.5 Å². The molecule has 7 heteroatoms. The summed E-state index contributed by atoms with van der Waals surface area (Å²) in [5.74, 6) is -0.950. The normalized spacial score (nSPS) is 10.1. The van der Waals surface area contributed by atoms with E-state index in [1.54, 1.807) is 12.1 Å². The Morgan fingerprint density at radius 2 is 1.40 bits per heavy atom. The van der Waals surface area contributed by atoms with Gasteiger partial charge in [-0.2, -0.15) is 0 Å². The van der Waals surface area contributed by atoms with Crippen LogP contribution in [-0.2, 0) is 9.59 Å². The minimum Gasteiger partial charge on any atom is -0.495 e. The van der Waals surface area contributed by atoms with Gasteiger partial charge in [0.05, 0.1) is 24.9 Å². The summed E-state index contributed by atoms with van der Waals surface area (Å²) in [6.45, 7) is 3.82. The van der Waals surface area contributed by atoms with Gasteiger partial charge in [0.15, 0.2) is 0 Å². The van der Waals surface area contributed by atoms with Crippen LogP contribution in [0.4, 0.5) is 11.4 Å². The molecule has 0 aliphatic carbocycles. The molecule has 0 spiro atoms. The quantitative estimate of drug-likeness (QED) is 0.815. The predicted octanol–water partition coefficient (Wildman–Crippen LogP) is 3.55. The Bertz CT molecular complexity index is 801. The average molecular weight is 363 g/mol. The van der Waals surface area contributed by atoms with Crippen molar-refractivity contribution in [3.63, 3.8) is 0 Å². The fraction of sp³-hybridized carbons (Fsp3) is 0.222. The van der Waals surface area contributed by atoms with Gasteiger partial charge < -0.3 is 20.1 Å². The van der Waals surface area contributed by atoms with Crippen molar-refractivity contribution in [1.82, 2.24) is 0 Å². The molecule has 0 radical (unpaired) electrons. The number of aryl methyl sites for hydroxylation is 2. The zero-order valence-corrected chi connectivity index (χ0v) is 15.2. The number of anilines is 2. The van der Waals surface area contributed by atoms with E-state index in [1.807, 2.05) is 19.9 Å². The number of benzene rings is 2. The second-order valence-corrected chi connectivity index (χ2v) is 5.88. The molecule has 0 unspecified atom stereocenters. The van der Waals surface area contributed by atoms with Gasteiger partial charge in [-0.15, -0.1) is 0 Å². The largest absolute Gasteiger partial charge is 0.495 e. The van der Waals surface area contributed by atoms with Crippen LogP contribution >= 0.6 is 11.6 Å². The van der Waals surface area contributed by atoms with Crippen molar-refractivity contribution in [1.29, 1.82) is 0 Å². The number of hydrogen-bond donors (Lipinski definition) is 2. The van der Waals surface area contributed by atoms with Gasteiger partial charge >= 0.3 is 11.8 Å². The van der Waals surface area contributed by atoms with E-state index in [2.05, 4.69) is 10.6 Å². The number of methoxy groups -OCH3 is 2. The topological polar surface area (TPSA) is 76.7 Å². The molecule has 25 heavy (non-hydrogen) atoms. The molecule has 0 heterocycles. The first-order valence-electron chi connectivity index (χ1n) is 7.46. The molecule has 0 bridgehead atoms. The highest BCUT2D eigenvalue weighted by Crippen LogP contribution is 2.35. The monoisotopic (exact) mass is 362 g/mol. The Labute approximate surface area is 151 Å². The van der Waals surface area contributed by atoms with E-state index in [4.69, 9.17) is 21.1 Å². The number of hydrogen-bond acceptors (Lipinski definition) is 4. The van der Waals surface area contributed by atoms with Gasteiger partial charge in [0.25, 0.3) is 0 Å². The maximum absolute atomic E-state index is 12.2. The molecule has 2 rings (SSSR count). The third kappa shape index (κ3) is 4.64. The van der Waals surface area contributed by atoms with Crippen molar-refractivity contribution in [3.05, 3.63) is 46.5 Å². The van der Waals surface area contributed by atoms with Crippen molar-refractivity contribution < 1.29 is 19.1 Å². The minimum absolute atomic E-state index is 0.282. The lowest BCUT2D eigenvalue weighted by molar-refractivity contribution is -0.133.